The van der Waals surface area contributed by atoms with Crippen LogP contribution in [0.2, 0.25) is 0 Å². The average molecular weight is 416 g/mol. The second-order valence-electron chi connectivity index (χ2n) is 6.95. The molecule has 1 atom stereocenters. The lowest BCUT2D eigenvalue weighted by Crippen LogP contribution is -2.37. The van der Waals surface area contributed by atoms with Gasteiger partial charge in [0.25, 0.3) is 0 Å². The Morgan fingerprint density at radius 2 is 1.64 bits per heavy atom. The normalized spacial score (nSPS) is 12.9. The first-order chi connectivity index (χ1) is 13.3. The SMILES string of the molecule is CC(CNS(=O)(=O)C(C)C)Oc1ccc(-c2cccc(-c3cccs3)c2)cc1. The summed E-state index contributed by atoms with van der Waals surface area (Å²) >= 11 is 1.73. The Morgan fingerprint density at radius 1 is 0.929 bits per heavy atom. The lowest BCUT2D eigenvalue weighted by Gasteiger charge is -2.17. The molecule has 0 fully saturated rings. The lowest BCUT2D eigenvalue weighted by molar-refractivity contribution is 0.225. The zero-order valence-corrected chi connectivity index (χ0v) is 17.9. The van der Waals surface area contributed by atoms with E-state index in [1.54, 1.807) is 25.2 Å². The van der Waals surface area contributed by atoms with Crippen molar-refractivity contribution >= 4 is 21.4 Å². The highest BCUT2D eigenvalue weighted by Gasteiger charge is 2.16. The summed E-state index contributed by atoms with van der Waals surface area (Å²) in [5.41, 5.74) is 3.47. The van der Waals surface area contributed by atoms with E-state index in [1.807, 2.05) is 31.2 Å². The molecule has 1 unspecified atom stereocenters. The molecular formula is C22H25NO3S2. The number of benzene rings is 2. The minimum atomic E-state index is -3.28. The van der Waals surface area contributed by atoms with Crippen LogP contribution in [0.15, 0.2) is 66.0 Å². The second kappa shape index (κ2) is 8.90. The van der Waals surface area contributed by atoms with Crippen molar-refractivity contribution in [3.63, 3.8) is 0 Å². The maximum atomic E-state index is 11.8. The van der Waals surface area contributed by atoms with Crippen molar-refractivity contribution in [3.05, 3.63) is 66.0 Å². The third-order valence-corrected chi connectivity index (χ3v) is 7.11. The largest absolute Gasteiger partial charge is 0.489 e. The van der Waals surface area contributed by atoms with Crippen molar-refractivity contribution in [2.75, 3.05) is 6.54 Å². The van der Waals surface area contributed by atoms with E-state index in [0.717, 1.165) is 16.9 Å². The van der Waals surface area contributed by atoms with Crippen molar-refractivity contribution in [1.82, 2.24) is 4.72 Å². The van der Waals surface area contributed by atoms with E-state index >= 15 is 0 Å². The summed E-state index contributed by atoms with van der Waals surface area (Å²) in [5.74, 6) is 0.717. The highest BCUT2D eigenvalue weighted by atomic mass is 32.2. The first-order valence-corrected chi connectivity index (χ1v) is 11.7. The van der Waals surface area contributed by atoms with Crippen LogP contribution in [0.4, 0.5) is 0 Å². The van der Waals surface area contributed by atoms with Gasteiger partial charge < -0.3 is 4.74 Å². The standard InChI is InChI=1S/C22H25NO3S2/c1-16(2)28(24,25)23-15-17(3)26-21-11-9-18(10-12-21)19-6-4-7-20(14-19)22-8-5-13-27-22/h4-14,16-17,23H,15H2,1-3H3. The molecule has 1 aromatic heterocycles. The Balaban J connectivity index is 1.65. The number of hydrogen-bond donors (Lipinski definition) is 1. The van der Waals surface area contributed by atoms with Gasteiger partial charge in [0.2, 0.25) is 10.0 Å². The van der Waals surface area contributed by atoms with Crippen LogP contribution in [0.5, 0.6) is 5.75 Å². The third-order valence-electron chi connectivity index (χ3n) is 4.39. The summed E-state index contributed by atoms with van der Waals surface area (Å²) < 4.78 is 32.1. The molecule has 4 nitrogen and oxygen atoms in total. The van der Waals surface area contributed by atoms with E-state index in [9.17, 15) is 8.42 Å². The second-order valence-corrected chi connectivity index (χ2v) is 10.2. The van der Waals surface area contributed by atoms with Gasteiger partial charge in [-0.15, -0.1) is 11.3 Å². The highest BCUT2D eigenvalue weighted by Crippen LogP contribution is 2.30. The van der Waals surface area contributed by atoms with Gasteiger partial charge in [0.1, 0.15) is 11.9 Å². The molecule has 6 heteroatoms. The predicted octanol–water partition coefficient (Wildman–Crippen LogP) is 5.18. The van der Waals surface area contributed by atoms with Crippen LogP contribution < -0.4 is 9.46 Å². The topological polar surface area (TPSA) is 55.4 Å². The van der Waals surface area contributed by atoms with Gasteiger partial charge in [-0.25, -0.2) is 13.1 Å². The Labute approximate surface area is 171 Å². The van der Waals surface area contributed by atoms with Crippen LogP contribution in [0, 0.1) is 0 Å². The molecule has 0 saturated heterocycles. The fourth-order valence-corrected chi connectivity index (χ4v) is 4.22. The van der Waals surface area contributed by atoms with Gasteiger partial charge in [0.05, 0.1) is 5.25 Å². The van der Waals surface area contributed by atoms with E-state index < -0.39 is 15.3 Å². The maximum Gasteiger partial charge on any atom is 0.214 e. The minimum Gasteiger partial charge on any atom is -0.489 e. The van der Waals surface area contributed by atoms with Gasteiger partial charge in [-0.05, 0) is 67.1 Å². The monoisotopic (exact) mass is 415 g/mol. The number of sulfonamides is 1. The summed E-state index contributed by atoms with van der Waals surface area (Å²) in [4.78, 5) is 1.25. The van der Waals surface area contributed by atoms with Gasteiger partial charge in [-0.2, -0.15) is 0 Å². The fraction of sp³-hybridized carbons (Fsp3) is 0.273. The molecule has 28 heavy (non-hydrogen) atoms. The molecule has 1 heterocycles. The molecule has 0 radical (unpaired) electrons. The van der Waals surface area contributed by atoms with Gasteiger partial charge >= 0.3 is 0 Å². The molecular weight excluding hydrogens is 390 g/mol. The molecule has 0 aliphatic carbocycles. The summed E-state index contributed by atoms with van der Waals surface area (Å²) in [7, 11) is -3.28. The quantitative estimate of drug-likeness (QED) is 0.552. The molecule has 2 aromatic carbocycles. The van der Waals surface area contributed by atoms with E-state index in [4.69, 9.17) is 4.74 Å². The first-order valence-electron chi connectivity index (χ1n) is 9.24. The average Bonchev–Trinajstić information content (AvgIpc) is 3.22. The lowest BCUT2D eigenvalue weighted by atomic mass is 10.0. The predicted molar refractivity (Wildman–Crippen MR) is 117 cm³/mol. The third kappa shape index (κ3) is 5.22. The molecule has 1 N–H and O–H groups in total. The molecule has 0 amide bonds. The number of rotatable bonds is 8. The van der Waals surface area contributed by atoms with E-state index in [0.29, 0.717) is 0 Å². The molecule has 0 aliphatic heterocycles. The summed E-state index contributed by atoms with van der Waals surface area (Å²) in [6.45, 7) is 5.40. The molecule has 3 rings (SSSR count). The molecule has 0 saturated carbocycles. The van der Waals surface area contributed by atoms with E-state index in [1.165, 1.54) is 10.4 Å². The summed E-state index contributed by atoms with van der Waals surface area (Å²) in [6.07, 6.45) is -0.262. The zero-order chi connectivity index (χ0) is 20.1. The zero-order valence-electron chi connectivity index (χ0n) is 16.3. The van der Waals surface area contributed by atoms with Crippen molar-refractivity contribution in [2.24, 2.45) is 0 Å². The van der Waals surface area contributed by atoms with Crippen LogP contribution in [-0.2, 0) is 10.0 Å². The molecule has 0 spiro atoms. The molecule has 0 aliphatic rings. The maximum absolute atomic E-state index is 11.8. The van der Waals surface area contributed by atoms with Crippen LogP contribution in [0.1, 0.15) is 20.8 Å². The summed E-state index contributed by atoms with van der Waals surface area (Å²) in [6, 6.07) is 20.5. The van der Waals surface area contributed by atoms with Crippen LogP contribution in [-0.4, -0.2) is 26.3 Å². The van der Waals surface area contributed by atoms with E-state index in [-0.39, 0.29) is 12.6 Å². The summed E-state index contributed by atoms with van der Waals surface area (Å²) in [5, 5.41) is 1.63. The Hall–Kier alpha value is -2.15. The number of hydrogen-bond acceptors (Lipinski definition) is 4. The number of ether oxygens (including phenoxy) is 1. The van der Waals surface area contributed by atoms with Crippen molar-refractivity contribution in [2.45, 2.75) is 32.1 Å². The molecule has 3 aromatic rings. The van der Waals surface area contributed by atoms with Gasteiger partial charge in [-0.3, -0.25) is 0 Å². The van der Waals surface area contributed by atoms with Gasteiger partial charge in [0.15, 0.2) is 0 Å². The highest BCUT2D eigenvalue weighted by molar-refractivity contribution is 7.90. The van der Waals surface area contributed by atoms with Crippen molar-refractivity contribution in [3.8, 4) is 27.3 Å². The van der Waals surface area contributed by atoms with Crippen LogP contribution >= 0.6 is 11.3 Å². The van der Waals surface area contributed by atoms with Crippen LogP contribution in [0.3, 0.4) is 0 Å². The minimum absolute atomic E-state index is 0.241. The Kier molecular flexibility index (Phi) is 6.54. The van der Waals surface area contributed by atoms with Gasteiger partial charge in [0, 0.05) is 11.4 Å². The van der Waals surface area contributed by atoms with Crippen molar-refractivity contribution < 1.29 is 13.2 Å². The van der Waals surface area contributed by atoms with Crippen molar-refractivity contribution in [1.29, 1.82) is 0 Å². The van der Waals surface area contributed by atoms with E-state index in [2.05, 4.69) is 46.5 Å². The Bertz CT molecular complexity index is 995. The smallest absolute Gasteiger partial charge is 0.214 e. The first kappa shape index (κ1) is 20.6. The molecule has 148 valence electrons. The van der Waals surface area contributed by atoms with Gasteiger partial charge in [-0.1, -0.05) is 36.4 Å². The fourth-order valence-electron chi connectivity index (χ4n) is 2.69. The molecule has 0 bridgehead atoms. The Morgan fingerprint density at radius 3 is 2.29 bits per heavy atom. The van der Waals surface area contributed by atoms with Crippen LogP contribution in [0.25, 0.3) is 21.6 Å². The number of thiophene rings is 1. The number of nitrogens with one attached hydrogen (secondary N) is 1.